The predicted octanol–water partition coefficient (Wildman–Crippen LogP) is 2.74. The number of halogens is 1. The molecule has 2 aromatic heterocycles. The lowest BCUT2D eigenvalue weighted by Crippen LogP contribution is -2.04. The number of hydrogen-bond acceptors (Lipinski definition) is 3. The number of fused-ring (bicyclic) bond motifs is 3. The Morgan fingerprint density at radius 3 is 2.80 bits per heavy atom. The van der Waals surface area contributed by atoms with Crippen molar-refractivity contribution >= 4 is 55.0 Å². The molecule has 0 atom stereocenters. The fraction of sp³-hybridized carbons (Fsp3) is 0. The number of hydrogen-bond donors (Lipinski definition) is 1. The highest BCUT2D eigenvalue weighted by Crippen LogP contribution is 2.25. The second-order valence-corrected chi connectivity index (χ2v) is 5.90. The SMILES string of the molecule is O=c1[nH]c2sc(I)nc2c2ccccc12. The van der Waals surface area contributed by atoms with E-state index in [4.69, 9.17) is 0 Å². The molecule has 0 aliphatic rings. The molecular weight excluding hydrogens is 323 g/mol. The zero-order chi connectivity index (χ0) is 10.4. The topological polar surface area (TPSA) is 45.8 Å². The molecule has 3 nitrogen and oxygen atoms in total. The molecule has 0 aliphatic heterocycles. The van der Waals surface area contributed by atoms with Crippen molar-refractivity contribution in [2.45, 2.75) is 0 Å². The fourth-order valence-corrected chi connectivity index (χ4v) is 3.22. The van der Waals surface area contributed by atoms with Gasteiger partial charge in [-0.1, -0.05) is 29.5 Å². The second-order valence-electron chi connectivity index (χ2n) is 3.14. The van der Waals surface area contributed by atoms with Crippen molar-refractivity contribution in [3.8, 4) is 0 Å². The van der Waals surface area contributed by atoms with Crippen LogP contribution < -0.4 is 5.56 Å². The highest BCUT2D eigenvalue weighted by Gasteiger charge is 2.08. The second kappa shape index (κ2) is 3.28. The maximum Gasteiger partial charge on any atom is 0.257 e. The van der Waals surface area contributed by atoms with Crippen LogP contribution in [0.1, 0.15) is 0 Å². The highest BCUT2D eigenvalue weighted by molar-refractivity contribution is 14.1. The summed E-state index contributed by atoms with van der Waals surface area (Å²) in [6, 6.07) is 7.54. The average Bonchev–Trinajstić information content (AvgIpc) is 2.59. The van der Waals surface area contributed by atoms with Crippen LogP contribution in [0.3, 0.4) is 0 Å². The van der Waals surface area contributed by atoms with Crippen molar-refractivity contribution in [1.29, 1.82) is 0 Å². The smallest absolute Gasteiger partial charge is 0.257 e. The van der Waals surface area contributed by atoms with E-state index in [9.17, 15) is 4.79 Å². The Morgan fingerprint density at radius 2 is 2.00 bits per heavy atom. The minimum Gasteiger partial charge on any atom is -0.312 e. The van der Waals surface area contributed by atoms with Crippen molar-refractivity contribution in [3.05, 3.63) is 37.6 Å². The van der Waals surface area contributed by atoms with Gasteiger partial charge in [0.05, 0.1) is 0 Å². The van der Waals surface area contributed by atoms with E-state index >= 15 is 0 Å². The normalized spacial score (nSPS) is 11.3. The van der Waals surface area contributed by atoms with E-state index < -0.39 is 0 Å². The van der Waals surface area contributed by atoms with Crippen molar-refractivity contribution in [2.75, 3.05) is 0 Å². The lowest BCUT2D eigenvalue weighted by atomic mass is 10.1. The molecule has 3 aromatic rings. The lowest BCUT2D eigenvalue weighted by Gasteiger charge is -1.96. The molecule has 2 heterocycles. The summed E-state index contributed by atoms with van der Waals surface area (Å²) in [5.41, 5.74) is 0.845. The first kappa shape index (κ1) is 9.29. The number of benzene rings is 1. The van der Waals surface area contributed by atoms with Crippen LogP contribution >= 0.6 is 33.9 Å². The van der Waals surface area contributed by atoms with Crippen LogP contribution in [-0.4, -0.2) is 9.97 Å². The third kappa shape index (κ3) is 1.37. The largest absolute Gasteiger partial charge is 0.312 e. The van der Waals surface area contributed by atoms with E-state index in [1.807, 2.05) is 24.3 Å². The van der Waals surface area contributed by atoms with Gasteiger partial charge in [-0.15, -0.1) is 0 Å². The monoisotopic (exact) mass is 328 g/mol. The first-order chi connectivity index (χ1) is 7.25. The predicted molar refractivity (Wildman–Crippen MR) is 70.5 cm³/mol. The summed E-state index contributed by atoms with van der Waals surface area (Å²) in [5, 5.41) is 1.63. The molecule has 3 rings (SSSR count). The van der Waals surface area contributed by atoms with Gasteiger partial charge in [-0.2, -0.15) is 0 Å². The minimum atomic E-state index is -0.0434. The summed E-state index contributed by atoms with van der Waals surface area (Å²) in [6.45, 7) is 0. The number of pyridine rings is 1. The van der Waals surface area contributed by atoms with Crippen LogP contribution in [0.2, 0.25) is 0 Å². The summed E-state index contributed by atoms with van der Waals surface area (Å²) < 4.78 is 0.939. The van der Waals surface area contributed by atoms with Gasteiger partial charge < -0.3 is 4.98 Å². The number of thiazole rings is 1. The molecule has 0 fully saturated rings. The van der Waals surface area contributed by atoms with Crippen LogP contribution in [0, 0.1) is 3.01 Å². The molecule has 0 saturated carbocycles. The average molecular weight is 328 g/mol. The minimum absolute atomic E-state index is 0.0434. The van der Waals surface area contributed by atoms with Crippen molar-refractivity contribution in [3.63, 3.8) is 0 Å². The van der Waals surface area contributed by atoms with Crippen LogP contribution in [0.5, 0.6) is 0 Å². The van der Waals surface area contributed by atoms with Crippen LogP contribution in [-0.2, 0) is 0 Å². The molecule has 0 amide bonds. The Balaban J connectivity index is 2.69. The first-order valence-corrected chi connectivity index (χ1v) is 6.22. The number of aromatic nitrogens is 2. The molecular formula is C10H5IN2OS. The van der Waals surface area contributed by atoms with E-state index in [0.29, 0.717) is 5.39 Å². The molecule has 1 aromatic carbocycles. The van der Waals surface area contributed by atoms with Gasteiger partial charge in [0.15, 0.2) is 3.01 Å². The van der Waals surface area contributed by atoms with E-state index in [-0.39, 0.29) is 5.56 Å². The molecule has 0 spiro atoms. The lowest BCUT2D eigenvalue weighted by molar-refractivity contribution is 1.35. The molecule has 0 unspecified atom stereocenters. The van der Waals surface area contributed by atoms with Gasteiger partial charge >= 0.3 is 0 Å². The number of H-pyrrole nitrogens is 1. The first-order valence-electron chi connectivity index (χ1n) is 4.33. The number of aromatic amines is 1. The van der Waals surface area contributed by atoms with Crippen LogP contribution in [0.4, 0.5) is 0 Å². The van der Waals surface area contributed by atoms with Crippen molar-refractivity contribution in [2.24, 2.45) is 0 Å². The Kier molecular flexibility index (Phi) is 2.03. The standard InChI is InChI=1S/C10H5IN2OS/c11-10-12-7-5-3-1-2-4-6(5)8(14)13-9(7)15-10/h1-4H,(H,13,14). The maximum absolute atomic E-state index is 11.7. The van der Waals surface area contributed by atoms with E-state index in [2.05, 4.69) is 32.6 Å². The van der Waals surface area contributed by atoms with E-state index in [0.717, 1.165) is 18.7 Å². The van der Waals surface area contributed by atoms with Crippen LogP contribution in [0.15, 0.2) is 29.1 Å². The highest BCUT2D eigenvalue weighted by atomic mass is 127. The van der Waals surface area contributed by atoms with E-state index in [1.165, 1.54) is 11.3 Å². The third-order valence-electron chi connectivity index (χ3n) is 2.25. The molecule has 15 heavy (non-hydrogen) atoms. The summed E-state index contributed by atoms with van der Waals surface area (Å²) >= 11 is 3.66. The van der Waals surface area contributed by atoms with Gasteiger partial charge in [0.25, 0.3) is 5.56 Å². The molecule has 74 valence electrons. The molecule has 5 heteroatoms. The van der Waals surface area contributed by atoms with E-state index in [1.54, 1.807) is 0 Å². The Labute approximate surface area is 102 Å². The molecule has 0 radical (unpaired) electrons. The number of nitrogens with one attached hydrogen (secondary N) is 1. The Hall–Kier alpha value is -0.950. The van der Waals surface area contributed by atoms with Gasteiger partial charge in [-0.05, 0) is 28.7 Å². The molecule has 0 aliphatic carbocycles. The van der Waals surface area contributed by atoms with Gasteiger partial charge in [-0.3, -0.25) is 4.79 Å². The quantitative estimate of drug-likeness (QED) is 0.645. The molecule has 0 saturated heterocycles. The summed E-state index contributed by atoms with van der Waals surface area (Å²) in [6.07, 6.45) is 0. The molecule has 0 bridgehead atoms. The number of nitrogens with zero attached hydrogens (tertiary/aromatic N) is 1. The molecule has 1 N–H and O–H groups in total. The summed E-state index contributed by atoms with van der Waals surface area (Å²) in [7, 11) is 0. The Bertz CT molecular complexity index is 716. The zero-order valence-corrected chi connectivity index (χ0v) is 10.4. The number of rotatable bonds is 0. The fourth-order valence-electron chi connectivity index (χ4n) is 1.62. The van der Waals surface area contributed by atoms with Gasteiger partial charge in [0, 0.05) is 10.8 Å². The summed E-state index contributed by atoms with van der Waals surface area (Å²) in [4.78, 5) is 19.8. The van der Waals surface area contributed by atoms with Crippen molar-refractivity contribution < 1.29 is 0 Å². The summed E-state index contributed by atoms with van der Waals surface area (Å²) in [5.74, 6) is 0. The third-order valence-corrected chi connectivity index (χ3v) is 3.92. The zero-order valence-electron chi connectivity index (χ0n) is 7.45. The van der Waals surface area contributed by atoms with Gasteiger partial charge in [0.2, 0.25) is 0 Å². The Morgan fingerprint density at radius 1 is 1.27 bits per heavy atom. The van der Waals surface area contributed by atoms with Crippen LogP contribution in [0.25, 0.3) is 21.1 Å². The maximum atomic E-state index is 11.7. The van der Waals surface area contributed by atoms with Gasteiger partial charge in [0.1, 0.15) is 10.3 Å². The van der Waals surface area contributed by atoms with Gasteiger partial charge in [-0.25, -0.2) is 4.98 Å². The van der Waals surface area contributed by atoms with Crippen molar-refractivity contribution in [1.82, 2.24) is 9.97 Å².